The summed E-state index contributed by atoms with van der Waals surface area (Å²) in [7, 11) is 0. The predicted octanol–water partition coefficient (Wildman–Crippen LogP) is 0.468. The Kier molecular flexibility index (Phi) is 4.99. The van der Waals surface area contributed by atoms with Gasteiger partial charge in [-0.15, -0.1) is 0 Å². The molecule has 2 saturated heterocycles. The predicted molar refractivity (Wildman–Crippen MR) is 73.4 cm³/mol. The molecule has 0 aromatic carbocycles. The molecule has 0 saturated carbocycles. The van der Waals surface area contributed by atoms with Gasteiger partial charge < -0.3 is 20.1 Å². The van der Waals surface area contributed by atoms with Crippen LogP contribution in [0.1, 0.15) is 32.6 Å². The second kappa shape index (κ2) is 6.54. The van der Waals surface area contributed by atoms with Crippen molar-refractivity contribution in [2.45, 2.75) is 38.6 Å². The molecule has 0 radical (unpaired) electrons. The first-order chi connectivity index (χ1) is 9.59. The number of nitrogens with zero attached hydrogens (tertiary/aromatic N) is 1. The number of carbonyl (C=O) groups is 2. The van der Waals surface area contributed by atoms with Gasteiger partial charge in [-0.05, 0) is 19.4 Å². The normalized spacial score (nSPS) is 30.4. The van der Waals surface area contributed by atoms with E-state index in [1.807, 2.05) is 0 Å². The van der Waals surface area contributed by atoms with Crippen molar-refractivity contribution in [1.29, 1.82) is 0 Å². The third-order valence-corrected chi connectivity index (χ3v) is 4.32. The van der Waals surface area contributed by atoms with Crippen LogP contribution >= 0.6 is 0 Å². The van der Waals surface area contributed by atoms with Gasteiger partial charge in [-0.3, -0.25) is 9.59 Å². The van der Waals surface area contributed by atoms with Gasteiger partial charge in [0.25, 0.3) is 0 Å². The zero-order chi connectivity index (χ0) is 14.6. The van der Waals surface area contributed by atoms with Crippen molar-refractivity contribution < 1.29 is 19.4 Å². The maximum absolute atomic E-state index is 12.9. The smallest absolute Gasteiger partial charge is 0.305 e. The number of hydrogen-bond acceptors (Lipinski definition) is 4. The minimum Gasteiger partial charge on any atom is -0.481 e. The van der Waals surface area contributed by atoms with Crippen molar-refractivity contribution >= 4 is 11.9 Å². The van der Waals surface area contributed by atoms with E-state index in [1.165, 1.54) is 0 Å². The van der Waals surface area contributed by atoms with E-state index in [4.69, 9.17) is 9.84 Å². The van der Waals surface area contributed by atoms with Crippen molar-refractivity contribution in [3.63, 3.8) is 0 Å². The van der Waals surface area contributed by atoms with E-state index in [-0.39, 0.29) is 23.8 Å². The van der Waals surface area contributed by atoms with Crippen LogP contribution in [0.2, 0.25) is 0 Å². The number of nitrogens with one attached hydrogen (secondary N) is 1. The lowest BCUT2D eigenvalue weighted by molar-refractivity contribution is -0.153. The van der Waals surface area contributed by atoms with E-state index in [0.29, 0.717) is 26.3 Å². The molecular formula is C14H24N2O4. The van der Waals surface area contributed by atoms with E-state index in [1.54, 1.807) is 4.90 Å². The van der Waals surface area contributed by atoms with Crippen LogP contribution in [0, 0.1) is 5.41 Å². The number of carboxylic acids is 1. The average Bonchev–Trinajstić information content (AvgIpc) is 2.88. The van der Waals surface area contributed by atoms with Crippen LogP contribution in [0.4, 0.5) is 0 Å². The Bertz CT molecular complexity index is 366. The fourth-order valence-electron chi connectivity index (χ4n) is 3.32. The number of carboxylic acid groups (broad SMARTS) is 1. The minimum absolute atomic E-state index is 0.0403. The summed E-state index contributed by atoms with van der Waals surface area (Å²) in [6.45, 7) is 4.98. The molecule has 0 bridgehead atoms. The SMILES string of the molecule is CCCC1(C(=O)N2CCOCC2CC(=O)O)CCNC1. The summed E-state index contributed by atoms with van der Waals surface area (Å²) >= 11 is 0. The highest BCUT2D eigenvalue weighted by Gasteiger charge is 2.45. The number of ether oxygens (including phenoxy) is 1. The Labute approximate surface area is 119 Å². The van der Waals surface area contributed by atoms with Gasteiger partial charge in [-0.2, -0.15) is 0 Å². The first-order valence-corrected chi connectivity index (χ1v) is 7.40. The van der Waals surface area contributed by atoms with Crippen molar-refractivity contribution in [3.05, 3.63) is 0 Å². The number of aliphatic carboxylic acids is 1. The molecule has 2 N–H and O–H groups in total. The summed E-state index contributed by atoms with van der Waals surface area (Å²) in [5.74, 6) is -0.772. The summed E-state index contributed by atoms with van der Waals surface area (Å²) in [5, 5.41) is 12.3. The molecular weight excluding hydrogens is 260 g/mol. The highest BCUT2D eigenvalue weighted by Crippen LogP contribution is 2.34. The maximum Gasteiger partial charge on any atom is 0.305 e. The average molecular weight is 284 g/mol. The number of rotatable bonds is 5. The number of amides is 1. The molecule has 2 aliphatic heterocycles. The first kappa shape index (κ1) is 15.3. The molecule has 2 heterocycles. The second-order valence-corrected chi connectivity index (χ2v) is 5.78. The van der Waals surface area contributed by atoms with Crippen molar-refractivity contribution in [3.8, 4) is 0 Å². The van der Waals surface area contributed by atoms with Crippen LogP contribution in [0.25, 0.3) is 0 Å². The zero-order valence-electron chi connectivity index (χ0n) is 12.1. The van der Waals surface area contributed by atoms with Crippen molar-refractivity contribution in [1.82, 2.24) is 10.2 Å². The first-order valence-electron chi connectivity index (χ1n) is 7.40. The van der Waals surface area contributed by atoms with Crippen molar-refractivity contribution in [2.24, 2.45) is 5.41 Å². The molecule has 1 amide bonds. The summed E-state index contributed by atoms with van der Waals surface area (Å²) in [4.78, 5) is 25.6. The van der Waals surface area contributed by atoms with Crippen LogP contribution in [0.15, 0.2) is 0 Å². The van der Waals surface area contributed by atoms with E-state index >= 15 is 0 Å². The molecule has 2 aliphatic rings. The van der Waals surface area contributed by atoms with Gasteiger partial charge in [0.2, 0.25) is 5.91 Å². The van der Waals surface area contributed by atoms with Gasteiger partial charge in [-0.25, -0.2) is 0 Å². The molecule has 6 nitrogen and oxygen atoms in total. The lowest BCUT2D eigenvalue weighted by Crippen LogP contribution is -2.55. The molecule has 2 atom stereocenters. The Morgan fingerprint density at radius 2 is 2.30 bits per heavy atom. The largest absolute Gasteiger partial charge is 0.481 e. The van der Waals surface area contributed by atoms with Crippen LogP contribution in [0.3, 0.4) is 0 Å². The number of hydrogen-bond donors (Lipinski definition) is 2. The fourth-order valence-corrected chi connectivity index (χ4v) is 3.32. The molecule has 2 fully saturated rings. The summed E-state index contributed by atoms with van der Waals surface area (Å²) in [5.41, 5.74) is -0.344. The maximum atomic E-state index is 12.9. The molecule has 2 rings (SSSR count). The van der Waals surface area contributed by atoms with Crippen LogP contribution in [-0.2, 0) is 14.3 Å². The molecule has 0 aromatic heterocycles. The standard InChI is InChI=1S/C14H24N2O4/c1-2-3-14(4-5-15-10-14)13(19)16-6-7-20-9-11(16)8-12(17)18/h11,15H,2-10H2,1H3,(H,17,18). The molecule has 114 valence electrons. The molecule has 0 spiro atoms. The van der Waals surface area contributed by atoms with Crippen molar-refractivity contribution in [2.75, 3.05) is 32.8 Å². The highest BCUT2D eigenvalue weighted by atomic mass is 16.5. The summed E-state index contributed by atoms with van der Waals surface area (Å²) in [6.07, 6.45) is 2.62. The molecule has 0 aromatic rings. The van der Waals surface area contributed by atoms with Gasteiger partial charge in [0, 0.05) is 13.1 Å². The minimum atomic E-state index is -0.882. The Morgan fingerprint density at radius 3 is 2.90 bits per heavy atom. The molecule has 20 heavy (non-hydrogen) atoms. The molecule has 0 aliphatic carbocycles. The quantitative estimate of drug-likeness (QED) is 0.767. The summed E-state index contributed by atoms with van der Waals surface area (Å²) < 4.78 is 5.35. The Morgan fingerprint density at radius 1 is 1.50 bits per heavy atom. The van der Waals surface area contributed by atoms with Gasteiger partial charge in [0.05, 0.1) is 31.1 Å². The monoisotopic (exact) mass is 284 g/mol. The van der Waals surface area contributed by atoms with Gasteiger partial charge in [0.1, 0.15) is 0 Å². The van der Waals surface area contributed by atoms with E-state index in [9.17, 15) is 9.59 Å². The lowest BCUT2D eigenvalue weighted by Gasteiger charge is -2.40. The van der Waals surface area contributed by atoms with Gasteiger partial charge in [-0.1, -0.05) is 13.3 Å². The Hall–Kier alpha value is -1.14. The highest BCUT2D eigenvalue weighted by molar-refractivity contribution is 5.84. The van der Waals surface area contributed by atoms with Crippen LogP contribution < -0.4 is 5.32 Å². The molecule has 2 unspecified atom stereocenters. The van der Waals surface area contributed by atoms with Gasteiger partial charge in [0.15, 0.2) is 0 Å². The Balaban J connectivity index is 2.13. The zero-order valence-corrected chi connectivity index (χ0v) is 12.1. The lowest BCUT2D eigenvalue weighted by atomic mass is 9.80. The second-order valence-electron chi connectivity index (χ2n) is 5.78. The third-order valence-electron chi connectivity index (χ3n) is 4.32. The van der Waals surface area contributed by atoms with E-state index in [2.05, 4.69) is 12.2 Å². The van der Waals surface area contributed by atoms with Crippen LogP contribution in [0.5, 0.6) is 0 Å². The fraction of sp³-hybridized carbons (Fsp3) is 0.857. The van der Waals surface area contributed by atoms with Crippen LogP contribution in [-0.4, -0.2) is 60.8 Å². The number of morpholine rings is 1. The summed E-state index contributed by atoms with van der Waals surface area (Å²) in [6, 6.07) is -0.330. The molecule has 6 heteroatoms. The van der Waals surface area contributed by atoms with Gasteiger partial charge >= 0.3 is 5.97 Å². The third kappa shape index (κ3) is 3.12. The van der Waals surface area contributed by atoms with E-state index in [0.717, 1.165) is 25.8 Å². The van der Waals surface area contributed by atoms with E-state index < -0.39 is 5.97 Å². The topological polar surface area (TPSA) is 78.9 Å². The number of carbonyl (C=O) groups excluding carboxylic acids is 1.